The molecule has 1 unspecified atom stereocenters. The highest BCUT2D eigenvalue weighted by molar-refractivity contribution is 6.01. The molecule has 0 radical (unpaired) electrons. The van der Waals surface area contributed by atoms with Gasteiger partial charge in [-0.15, -0.1) is 0 Å². The Labute approximate surface area is 120 Å². The zero-order valence-electron chi connectivity index (χ0n) is 12.5. The van der Waals surface area contributed by atoms with Gasteiger partial charge in [0.25, 0.3) is 0 Å². The van der Waals surface area contributed by atoms with Gasteiger partial charge in [0.05, 0.1) is 14.2 Å². The van der Waals surface area contributed by atoms with Gasteiger partial charge in [-0.25, -0.2) is 0 Å². The largest absolute Gasteiger partial charge is 0.497 e. The van der Waals surface area contributed by atoms with Gasteiger partial charge in [0, 0.05) is 23.6 Å². The van der Waals surface area contributed by atoms with E-state index in [0.717, 1.165) is 32.4 Å². The summed E-state index contributed by atoms with van der Waals surface area (Å²) in [7, 11) is 3.20. The predicted octanol–water partition coefficient (Wildman–Crippen LogP) is 2.67. The first-order valence-electron chi connectivity index (χ1n) is 7.14. The van der Waals surface area contributed by atoms with E-state index in [1.165, 1.54) is 0 Å². The number of nitrogens with one attached hydrogen (secondary N) is 1. The maximum Gasteiger partial charge on any atom is 0.170 e. The molecular weight excluding hydrogens is 254 g/mol. The van der Waals surface area contributed by atoms with Crippen LogP contribution < -0.4 is 14.8 Å². The van der Waals surface area contributed by atoms with Crippen LogP contribution in [0.15, 0.2) is 18.2 Å². The monoisotopic (exact) mass is 277 g/mol. The zero-order valence-corrected chi connectivity index (χ0v) is 12.5. The fourth-order valence-corrected chi connectivity index (χ4v) is 2.87. The smallest absolute Gasteiger partial charge is 0.170 e. The van der Waals surface area contributed by atoms with E-state index in [1.54, 1.807) is 32.4 Å². The first-order valence-corrected chi connectivity index (χ1v) is 7.14. The summed E-state index contributed by atoms with van der Waals surface area (Å²) in [6.45, 7) is 3.83. The molecule has 0 aliphatic carbocycles. The van der Waals surface area contributed by atoms with E-state index in [-0.39, 0.29) is 11.2 Å². The van der Waals surface area contributed by atoms with Crippen molar-refractivity contribution in [2.75, 3.05) is 27.3 Å². The van der Waals surface area contributed by atoms with Crippen LogP contribution in [0.2, 0.25) is 0 Å². The molecule has 1 aromatic carbocycles. The zero-order chi connectivity index (χ0) is 14.6. The number of rotatable bonds is 5. The molecule has 1 aromatic rings. The average molecular weight is 277 g/mol. The molecule has 2 rings (SSSR count). The van der Waals surface area contributed by atoms with Gasteiger partial charge < -0.3 is 14.8 Å². The summed E-state index contributed by atoms with van der Waals surface area (Å²) in [4.78, 5) is 12.9. The first kappa shape index (κ1) is 14.9. The molecule has 4 nitrogen and oxygen atoms in total. The van der Waals surface area contributed by atoms with Crippen LogP contribution >= 0.6 is 0 Å². The number of ether oxygens (including phenoxy) is 2. The van der Waals surface area contributed by atoms with Crippen molar-refractivity contribution < 1.29 is 14.3 Å². The Kier molecular flexibility index (Phi) is 4.65. The summed E-state index contributed by atoms with van der Waals surface area (Å²) < 4.78 is 10.5. The van der Waals surface area contributed by atoms with Crippen LogP contribution in [-0.4, -0.2) is 33.1 Å². The maximum absolute atomic E-state index is 12.9. The third kappa shape index (κ3) is 2.80. The minimum Gasteiger partial charge on any atom is -0.497 e. The van der Waals surface area contributed by atoms with Gasteiger partial charge in [-0.05, 0) is 37.9 Å². The molecule has 0 saturated carbocycles. The number of hydrogen-bond donors (Lipinski definition) is 1. The number of hydrogen-bond acceptors (Lipinski definition) is 4. The van der Waals surface area contributed by atoms with Gasteiger partial charge in [-0.1, -0.05) is 6.92 Å². The van der Waals surface area contributed by atoms with Crippen LogP contribution in [0.3, 0.4) is 0 Å². The van der Waals surface area contributed by atoms with Gasteiger partial charge >= 0.3 is 0 Å². The van der Waals surface area contributed by atoms with Crippen molar-refractivity contribution in [1.29, 1.82) is 0 Å². The van der Waals surface area contributed by atoms with Crippen LogP contribution in [0.1, 0.15) is 36.5 Å². The van der Waals surface area contributed by atoms with Crippen LogP contribution in [0.5, 0.6) is 11.5 Å². The lowest BCUT2D eigenvalue weighted by molar-refractivity contribution is 0.0730. The van der Waals surface area contributed by atoms with Crippen molar-refractivity contribution in [1.82, 2.24) is 5.32 Å². The topological polar surface area (TPSA) is 47.6 Å². The molecule has 0 amide bonds. The number of ketones is 1. The van der Waals surface area contributed by atoms with Crippen molar-refractivity contribution in [2.24, 2.45) is 5.41 Å². The van der Waals surface area contributed by atoms with Crippen LogP contribution in [0.25, 0.3) is 0 Å². The average Bonchev–Trinajstić information content (AvgIpc) is 2.54. The molecular formula is C16H23NO3. The van der Waals surface area contributed by atoms with Gasteiger partial charge in [0.1, 0.15) is 11.5 Å². The summed E-state index contributed by atoms with van der Waals surface area (Å²) in [6.07, 6.45) is 2.83. The van der Waals surface area contributed by atoms with E-state index in [9.17, 15) is 4.79 Å². The number of piperidine rings is 1. The van der Waals surface area contributed by atoms with Gasteiger partial charge in [-0.3, -0.25) is 4.79 Å². The number of methoxy groups -OCH3 is 2. The van der Waals surface area contributed by atoms with Crippen molar-refractivity contribution in [3.05, 3.63) is 23.8 Å². The van der Waals surface area contributed by atoms with Crippen LogP contribution in [0.4, 0.5) is 0 Å². The highest BCUT2D eigenvalue weighted by atomic mass is 16.5. The van der Waals surface area contributed by atoms with Crippen LogP contribution in [-0.2, 0) is 0 Å². The van der Waals surface area contributed by atoms with E-state index in [1.807, 2.05) is 0 Å². The van der Waals surface area contributed by atoms with Gasteiger partial charge in [0.2, 0.25) is 0 Å². The SMILES string of the molecule is CCC1(C(=O)c2cc(OC)cc(OC)c2)CCCNC1. The molecule has 1 fully saturated rings. The second kappa shape index (κ2) is 6.27. The first-order chi connectivity index (χ1) is 9.65. The molecule has 1 aliphatic heterocycles. The molecule has 110 valence electrons. The Morgan fingerprint density at radius 3 is 2.35 bits per heavy atom. The van der Waals surface area contributed by atoms with Crippen molar-refractivity contribution in [2.45, 2.75) is 26.2 Å². The summed E-state index contributed by atoms with van der Waals surface area (Å²) in [5.74, 6) is 1.50. The second-order valence-corrected chi connectivity index (χ2v) is 5.34. The Bertz CT molecular complexity index is 456. The Hall–Kier alpha value is -1.55. The van der Waals surface area contributed by atoms with Crippen molar-refractivity contribution >= 4 is 5.78 Å². The molecule has 0 spiro atoms. The lowest BCUT2D eigenvalue weighted by atomic mass is 9.73. The highest BCUT2D eigenvalue weighted by Gasteiger charge is 2.38. The van der Waals surface area contributed by atoms with Crippen molar-refractivity contribution in [3.63, 3.8) is 0 Å². The lowest BCUT2D eigenvalue weighted by Gasteiger charge is -2.35. The van der Waals surface area contributed by atoms with E-state index < -0.39 is 0 Å². The summed E-state index contributed by atoms with van der Waals surface area (Å²) in [5, 5.41) is 3.35. The number of carbonyl (C=O) groups is 1. The summed E-state index contributed by atoms with van der Waals surface area (Å²) in [5.41, 5.74) is 0.377. The standard InChI is InChI=1S/C16H23NO3/c1-4-16(6-5-7-17-11-16)15(18)12-8-13(19-2)10-14(9-12)20-3/h8-10,17H,4-7,11H2,1-3H3. The van der Waals surface area contributed by atoms with E-state index in [2.05, 4.69) is 12.2 Å². The maximum atomic E-state index is 12.9. The van der Waals surface area contributed by atoms with Crippen LogP contribution in [0, 0.1) is 5.41 Å². The third-order valence-corrected chi connectivity index (χ3v) is 4.24. The highest BCUT2D eigenvalue weighted by Crippen LogP contribution is 2.35. The van der Waals surface area contributed by atoms with E-state index in [0.29, 0.717) is 17.1 Å². The number of carbonyl (C=O) groups excluding carboxylic acids is 1. The van der Waals surface area contributed by atoms with E-state index in [4.69, 9.17) is 9.47 Å². The fourth-order valence-electron chi connectivity index (χ4n) is 2.87. The quantitative estimate of drug-likeness (QED) is 0.841. The summed E-state index contributed by atoms with van der Waals surface area (Å²) >= 11 is 0. The number of benzene rings is 1. The van der Waals surface area contributed by atoms with Crippen molar-refractivity contribution in [3.8, 4) is 11.5 Å². The molecule has 20 heavy (non-hydrogen) atoms. The molecule has 0 bridgehead atoms. The Balaban J connectivity index is 2.36. The minimum atomic E-state index is -0.296. The number of Topliss-reactive ketones (excluding diaryl/α,β-unsaturated/α-hetero) is 1. The third-order valence-electron chi connectivity index (χ3n) is 4.24. The predicted molar refractivity (Wildman–Crippen MR) is 78.7 cm³/mol. The molecule has 0 aromatic heterocycles. The Morgan fingerprint density at radius 1 is 1.25 bits per heavy atom. The molecule has 1 aliphatic rings. The second-order valence-electron chi connectivity index (χ2n) is 5.34. The summed E-state index contributed by atoms with van der Waals surface area (Å²) in [6, 6.07) is 5.39. The van der Waals surface area contributed by atoms with Gasteiger partial charge in [0.15, 0.2) is 5.78 Å². The Morgan fingerprint density at radius 2 is 1.90 bits per heavy atom. The molecule has 1 saturated heterocycles. The molecule has 4 heteroatoms. The molecule has 1 atom stereocenters. The molecule has 1 N–H and O–H groups in total. The van der Waals surface area contributed by atoms with Gasteiger partial charge in [-0.2, -0.15) is 0 Å². The lowest BCUT2D eigenvalue weighted by Crippen LogP contribution is -2.45. The van der Waals surface area contributed by atoms with E-state index >= 15 is 0 Å². The minimum absolute atomic E-state index is 0.185. The normalized spacial score (nSPS) is 22.4. The fraction of sp³-hybridized carbons (Fsp3) is 0.562. The molecule has 1 heterocycles.